The Labute approximate surface area is 139 Å². The molecule has 0 aliphatic carbocycles. The average Bonchev–Trinajstić information content (AvgIpc) is 2.91. The second-order valence-corrected chi connectivity index (χ2v) is 6.81. The zero-order chi connectivity index (χ0) is 16.1. The molecule has 0 spiro atoms. The number of aromatic nitrogens is 2. The number of anilines is 2. The summed E-state index contributed by atoms with van der Waals surface area (Å²) < 4.78 is 0. The Morgan fingerprint density at radius 2 is 1.61 bits per heavy atom. The summed E-state index contributed by atoms with van der Waals surface area (Å²) >= 11 is 0. The van der Waals surface area contributed by atoms with Crippen LogP contribution in [0.2, 0.25) is 0 Å². The van der Waals surface area contributed by atoms with Crippen LogP contribution >= 0.6 is 0 Å². The summed E-state index contributed by atoms with van der Waals surface area (Å²) in [5, 5.41) is 0. The highest BCUT2D eigenvalue weighted by molar-refractivity contribution is 5.43. The molecule has 0 aromatic carbocycles. The normalized spacial score (nSPS) is 20.8. The molecular formula is C17H30N6. The van der Waals surface area contributed by atoms with Crippen LogP contribution in [0.25, 0.3) is 0 Å². The third-order valence-corrected chi connectivity index (χ3v) is 4.92. The van der Waals surface area contributed by atoms with Crippen molar-refractivity contribution in [3.8, 4) is 0 Å². The molecule has 6 heteroatoms. The van der Waals surface area contributed by atoms with Crippen molar-refractivity contribution in [2.45, 2.75) is 32.6 Å². The Morgan fingerprint density at radius 3 is 2.35 bits per heavy atom. The number of nitrogens with two attached hydrogens (primary N) is 1. The van der Waals surface area contributed by atoms with Crippen LogP contribution < -0.4 is 10.6 Å². The van der Waals surface area contributed by atoms with Gasteiger partial charge < -0.3 is 20.4 Å². The van der Waals surface area contributed by atoms with Crippen LogP contribution in [0, 0.1) is 6.92 Å². The molecule has 2 aliphatic heterocycles. The Balaban J connectivity index is 1.46. The minimum Gasteiger partial charge on any atom is -0.368 e. The quantitative estimate of drug-likeness (QED) is 0.885. The van der Waals surface area contributed by atoms with Crippen LogP contribution in [0.4, 0.5) is 11.8 Å². The molecule has 23 heavy (non-hydrogen) atoms. The van der Waals surface area contributed by atoms with Gasteiger partial charge >= 0.3 is 0 Å². The summed E-state index contributed by atoms with van der Waals surface area (Å²) in [5.74, 6) is 1.36. The number of nitrogens with zero attached hydrogens (tertiary/aromatic N) is 5. The van der Waals surface area contributed by atoms with E-state index in [9.17, 15) is 0 Å². The first kappa shape index (κ1) is 16.5. The first-order chi connectivity index (χ1) is 11.2. The van der Waals surface area contributed by atoms with Gasteiger partial charge in [0.1, 0.15) is 5.82 Å². The minimum absolute atomic E-state index is 0.381. The zero-order valence-corrected chi connectivity index (χ0v) is 14.4. The van der Waals surface area contributed by atoms with E-state index >= 15 is 0 Å². The van der Waals surface area contributed by atoms with E-state index in [0.717, 1.165) is 31.1 Å². The predicted molar refractivity (Wildman–Crippen MR) is 94.7 cm³/mol. The van der Waals surface area contributed by atoms with Crippen LogP contribution in [0.1, 0.15) is 31.4 Å². The number of likely N-dealkylation sites (tertiary alicyclic amines) is 1. The average molecular weight is 318 g/mol. The molecule has 3 heterocycles. The number of rotatable bonds is 5. The number of hydrogen-bond donors (Lipinski definition) is 1. The van der Waals surface area contributed by atoms with Crippen molar-refractivity contribution in [1.82, 2.24) is 19.8 Å². The van der Waals surface area contributed by atoms with Gasteiger partial charge in [-0.3, -0.25) is 0 Å². The van der Waals surface area contributed by atoms with Crippen LogP contribution in [0.15, 0.2) is 6.07 Å². The van der Waals surface area contributed by atoms with Crippen molar-refractivity contribution in [3.63, 3.8) is 0 Å². The second kappa shape index (κ2) is 7.93. The highest BCUT2D eigenvalue weighted by Gasteiger charge is 2.17. The van der Waals surface area contributed by atoms with Crippen LogP contribution in [0.3, 0.4) is 0 Å². The van der Waals surface area contributed by atoms with Crippen molar-refractivity contribution in [2.24, 2.45) is 0 Å². The van der Waals surface area contributed by atoms with Gasteiger partial charge in [-0.05, 0) is 65.3 Å². The molecule has 0 radical (unpaired) electrons. The van der Waals surface area contributed by atoms with Crippen molar-refractivity contribution in [1.29, 1.82) is 0 Å². The molecule has 1 aromatic heterocycles. The molecule has 3 rings (SSSR count). The fraction of sp³-hybridized carbons (Fsp3) is 0.765. The van der Waals surface area contributed by atoms with Gasteiger partial charge in [0, 0.05) is 31.4 Å². The van der Waals surface area contributed by atoms with Gasteiger partial charge in [-0.15, -0.1) is 0 Å². The number of hydrogen-bond acceptors (Lipinski definition) is 6. The topological polar surface area (TPSA) is 61.5 Å². The SMILES string of the molecule is Cc1cc(N2CCCN(CCCN3CCCC3)CC2)nc(N)n1. The molecule has 0 bridgehead atoms. The Bertz CT molecular complexity index is 480. The van der Waals surface area contributed by atoms with Crippen molar-refractivity contribution in [2.75, 3.05) is 63.0 Å². The van der Waals surface area contributed by atoms with E-state index in [4.69, 9.17) is 5.73 Å². The van der Waals surface area contributed by atoms with E-state index < -0.39 is 0 Å². The van der Waals surface area contributed by atoms with Crippen LogP contribution in [-0.2, 0) is 0 Å². The van der Waals surface area contributed by atoms with Crippen LogP contribution in [0.5, 0.6) is 0 Å². The third kappa shape index (κ3) is 4.78. The van der Waals surface area contributed by atoms with E-state index in [0.29, 0.717) is 5.95 Å². The number of aryl methyl sites for hydroxylation is 1. The lowest BCUT2D eigenvalue weighted by Crippen LogP contribution is -2.33. The Morgan fingerprint density at radius 1 is 0.913 bits per heavy atom. The van der Waals surface area contributed by atoms with Gasteiger partial charge in [-0.2, -0.15) is 4.98 Å². The predicted octanol–water partition coefficient (Wildman–Crippen LogP) is 1.37. The molecule has 2 aliphatic rings. The van der Waals surface area contributed by atoms with Crippen molar-refractivity contribution in [3.05, 3.63) is 11.8 Å². The standard InChI is InChI=1S/C17H30N6/c1-15-14-16(20-17(18)19-15)23-11-5-10-22(12-13-23)9-4-8-21-6-2-3-7-21/h14H,2-13H2,1H3,(H2,18,19,20). The molecule has 128 valence electrons. The maximum Gasteiger partial charge on any atom is 0.222 e. The first-order valence-corrected chi connectivity index (χ1v) is 9.01. The molecule has 6 nitrogen and oxygen atoms in total. The third-order valence-electron chi connectivity index (χ3n) is 4.92. The van der Waals surface area contributed by atoms with E-state index in [1.54, 1.807) is 0 Å². The lowest BCUT2D eigenvalue weighted by Gasteiger charge is -2.23. The molecule has 1 aromatic rings. The van der Waals surface area contributed by atoms with Gasteiger partial charge in [0.25, 0.3) is 0 Å². The summed E-state index contributed by atoms with van der Waals surface area (Å²) in [7, 11) is 0. The van der Waals surface area contributed by atoms with E-state index in [-0.39, 0.29) is 0 Å². The Kier molecular flexibility index (Phi) is 5.67. The van der Waals surface area contributed by atoms with E-state index in [1.165, 1.54) is 58.4 Å². The molecule has 2 saturated heterocycles. The Hall–Kier alpha value is -1.40. The number of nitrogen functional groups attached to an aromatic ring is 1. The second-order valence-electron chi connectivity index (χ2n) is 6.81. The highest BCUT2D eigenvalue weighted by Crippen LogP contribution is 2.16. The lowest BCUT2D eigenvalue weighted by atomic mass is 10.3. The molecule has 0 unspecified atom stereocenters. The highest BCUT2D eigenvalue weighted by atomic mass is 15.3. The molecule has 0 atom stereocenters. The molecule has 2 N–H and O–H groups in total. The zero-order valence-electron chi connectivity index (χ0n) is 14.4. The van der Waals surface area contributed by atoms with Gasteiger partial charge in [0.2, 0.25) is 5.95 Å². The van der Waals surface area contributed by atoms with Gasteiger partial charge in [-0.1, -0.05) is 0 Å². The van der Waals surface area contributed by atoms with Gasteiger partial charge in [0.05, 0.1) is 0 Å². The summed E-state index contributed by atoms with van der Waals surface area (Å²) in [4.78, 5) is 16.1. The van der Waals surface area contributed by atoms with Crippen molar-refractivity contribution >= 4 is 11.8 Å². The summed E-state index contributed by atoms with van der Waals surface area (Å²) in [5.41, 5.74) is 6.74. The summed E-state index contributed by atoms with van der Waals surface area (Å²) in [6.07, 6.45) is 5.26. The maximum atomic E-state index is 5.79. The molecule has 0 amide bonds. The first-order valence-electron chi connectivity index (χ1n) is 9.01. The molecular weight excluding hydrogens is 288 g/mol. The van der Waals surface area contributed by atoms with Crippen molar-refractivity contribution < 1.29 is 0 Å². The van der Waals surface area contributed by atoms with Crippen LogP contribution in [-0.4, -0.2) is 72.1 Å². The maximum absolute atomic E-state index is 5.79. The largest absolute Gasteiger partial charge is 0.368 e. The van der Waals surface area contributed by atoms with Gasteiger partial charge in [-0.25, -0.2) is 4.98 Å². The monoisotopic (exact) mass is 318 g/mol. The smallest absolute Gasteiger partial charge is 0.222 e. The fourth-order valence-electron chi connectivity index (χ4n) is 3.68. The van der Waals surface area contributed by atoms with E-state index in [1.807, 2.05) is 13.0 Å². The van der Waals surface area contributed by atoms with E-state index in [2.05, 4.69) is 24.7 Å². The summed E-state index contributed by atoms with van der Waals surface area (Å²) in [6, 6.07) is 2.04. The molecule has 2 fully saturated rings. The minimum atomic E-state index is 0.381. The van der Waals surface area contributed by atoms with Gasteiger partial charge in [0.15, 0.2) is 0 Å². The lowest BCUT2D eigenvalue weighted by molar-refractivity contribution is 0.257. The summed E-state index contributed by atoms with van der Waals surface area (Å²) in [6.45, 7) is 11.5. The molecule has 0 saturated carbocycles. The fourth-order valence-corrected chi connectivity index (χ4v) is 3.68.